The van der Waals surface area contributed by atoms with Gasteiger partial charge in [-0.25, -0.2) is 4.39 Å². The number of ether oxygens (including phenoxy) is 2. The molecule has 208 valence electrons. The van der Waals surface area contributed by atoms with E-state index in [9.17, 15) is 9.18 Å². The van der Waals surface area contributed by atoms with Crippen LogP contribution in [0.5, 0.6) is 0 Å². The minimum Gasteiger partial charge on any atom is -0.380 e. The SMILES string of the molecule is COC(C)(C)C.O=CNCC1CC(COCCNCc2cc(F)cc3c2ccn3Cc2ccc(Cl)cc2)C1. The van der Waals surface area contributed by atoms with Crippen LogP contribution in [0.1, 0.15) is 44.7 Å². The monoisotopic (exact) mass is 545 g/mol. The number of halogens is 2. The first kappa shape index (κ1) is 30.1. The fourth-order valence-corrected chi connectivity index (χ4v) is 4.54. The van der Waals surface area contributed by atoms with Gasteiger partial charge in [0.25, 0.3) is 0 Å². The minimum absolute atomic E-state index is 0.0417. The Balaban J connectivity index is 0.000000599. The van der Waals surface area contributed by atoms with Crippen LogP contribution in [0.25, 0.3) is 10.9 Å². The lowest BCUT2D eigenvalue weighted by Gasteiger charge is -2.34. The van der Waals surface area contributed by atoms with Gasteiger partial charge in [-0.3, -0.25) is 4.79 Å². The summed E-state index contributed by atoms with van der Waals surface area (Å²) in [6.07, 6.45) is 4.99. The lowest BCUT2D eigenvalue weighted by atomic mass is 9.75. The Labute approximate surface area is 230 Å². The average molecular weight is 546 g/mol. The van der Waals surface area contributed by atoms with Crippen molar-refractivity contribution < 1.29 is 18.7 Å². The first-order chi connectivity index (χ1) is 18.2. The Hall–Kier alpha value is -2.45. The maximum Gasteiger partial charge on any atom is 0.207 e. The molecule has 6 nitrogen and oxygen atoms in total. The predicted molar refractivity (Wildman–Crippen MR) is 152 cm³/mol. The first-order valence-electron chi connectivity index (χ1n) is 13.2. The van der Waals surface area contributed by atoms with Gasteiger partial charge in [0.1, 0.15) is 5.82 Å². The van der Waals surface area contributed by atoms with E-state index in [-0.39, 0.29) is 11.4 Å². The Kier molecular flexibility index (Phi) is 11.6. The number of methoxy groups -OCH3 is 1. The predicted octanol–water partition coefficient (Wildman–Crippen LogP) is 5.79. The Morgan fingerprint density at radius 2 is 1.84 bits per heavy atom. The summed E-state index contributed by atoms with van der Waals surface area (Å²) in [6, 6.07) is 13.0. The van der Waals surface area contributed by atoms with Crippen molar-refractivity contribution in [2.75, 3.05) is 33.4 Å². The molecule has 1 aromatic heterocycles. The molecule has 0 unspecified atom stereocenters. The Morgan fingerprint density at radius 3 is 2.50 bits per heavy atom. The van der Waals surface area contributed by atoms with Crippen LogP contribution >= 0.6 is 11.6 Å². The van der Waals surface area contributed by atoms with Crippen molar-refractivity contribution in [2.45, 2.75) is 52.3 Å². The zero-order valence-electron chi connectivity index (χ0n) is 22.9. The van der Waals surface area contributed by atoms with E-state index in [1.807, 2.05) is 57.3 Å². The van der Waals surface area contributed by atoms with E-state index in [4.69, 9.17) is 21.1 Å². The third-order valence-corrected chi connectivity index (χ3v) is 6.99. The van der Waals surface area contributed by atoms with Gasteiger partial charge in [-0.15, -0.1) is 0 Å². The van der Waals surface area contributed by atoms with Crippen molar-refractivity contribution >= 4 is 28.9 Å². The number of aromatic nitrogens is 1. The summed E-state index contributed by atoms with van der Waals surface area (Å²) in [5.74, 6) is 0.955. The average Bonchev–Trinajstić information content (AvgIpc) is 3.25. The number of fused-ring (bicyclic) bond motifs is 1. The molecule has 4 rings (SSSR count). The van der Waals surface area contributed by atoms with Gasteiger partial charge in [0.15, 0.2) is 0 Å². The second kappa shape index (κ2) is 14.6. The summed E-state index contributed by atoms with van der Waals surface area (Å²) in [6.45, 7) is 10.2. The molecule has 0 radical (unpaired) electrons. The number of carbonyl (C=O) groups excluding carboxylic acids is 1. The number of carbonyl (C=O) groups is 1. The molecule has 0 atom stereocenters. The molecule has 0 aliphatic heterocycles. The van der Waals surface area contributed by atoms with Crippen molar-refractivity contribution in [1.29, 1.82) is 0 Å². The van der Waals surface area contributed by atoms with Gasteiger partial charge in [0, 0.05) is 56.5 Å². The van der Waals surface area contributed by atoms with E-state index in [0.29, 0.717) is 43.1 Å². The van der Waals surface area contributed by atoms with Crippen molar-refractivity contribution in [2.24, 2.45) is 11.8 Å². The molecule has 0 saturated heterocycles. The fraction of sp³-hybridized carbons (Fsp3) is 0.500. The summed E-state index contributed by atoms with van der Waals surface area (Å²) in [5.41, 5.74) is 2.99. The molecule has 1 saturated carbocycles. The summed E-state index contributed by atoms with van der Waals surface area (Å²) < 4.78 is 27.1. The van der Waals surface area contributed by atoms with Crippen LogP contribution < -0.4 is 10.6 Å². The maximum atomic E-state index is 14.3. The summed E-state index contributed by atoms with van der Waals surface area (Å²) >= 11 is 5.97. The summed E-state index contributed by atoms with van der Waals surface area (Å²) in [7, 11) is 1.71. The molecule has 3 aromatic rings. The van der Waals surface area contributed by atoms with Crippen LogP contribution in [0, 0.1) is 17.7 Å². The molecule has 38 heavy (non-hydrogen) atoms. The molecule has 2 N–H and O–H groups in total. The second-order valence-corrected chi connectivity index (χ2v) is 11.3. The lowest BCUT2D eigenvalue weighted by Crippen LogP contribution is -2.35. The summed E-state index contributed by atoms with van der Waals surface area (Å²) in [4.78, 5) is 10.3. The van der Waals surface area contributed by atoms with Gasteiger partial charge in [-0.1, -0.05) is 23.7 Å². The number of hydrogen-bond acceptors (Lipinski definition) is 4. The lowest BCUT2D eigenvalue weighted by molar-refractivity contribution is -0.110. The van der Waals surface area contributed by atoms with Crippen molar-refractivity contribution in [1.82, 2.24) is 15.2 Å². The standard InChI is InChI=1S/C25H29ClFN3O2.C5H12O/c26-22-3-1-18(2-4-22)15-30-7-5-24-21(11-23(27)12-25(24)30)14-28-6-8-32-16-20-9-19(10-20)13-29-17-31;1-5(2,3)6-4/h1-5,7,11-12,17,19-20,28H,6,8-10,13-16H2,(H,29,31);1-4H3. The molecular formula is C30H41ClFN3O3. The Morgan fingerprint density at radius 1 is 1.13 bits per heavy atom. The van der Waals surface area contributed by atoms with E-state index in [0.717, 1.165) is 54.4 Å². The van der Waals surface area contributed by atoms with Gasteiger partial charge >= 0.3 is 0 Å². The smallest absolute Gasteiger partial charge is 0.207 e. The highest BCUT2D eigenvalue weighted by molar-refractivity contribution is 6.30. The van der Waals surface area contributed by atoms with Crippen LogP contribution in [-0.4, -0.2) is 50.0 Å². The number of nitrogens with one attached hydrogen (secondary N) is 2. The molecule has 0 bridgehead atoms. The van der Waals surface area contributed by atoms with E-state index >= 15 is 0 Å². The molecule has 1 amide bonds. The third kappa shape index (κ3) is 9.70. The van der Waals surface area contributed by atoms with Crippen LogP contribution in [0.15, 0.2) is 48.7 Å². The highest BCUT2D eigenvalue weighted by Gasteiger charge is 2.28. The maximum absolute atomic E-state index is 14.3. The van der Waals surface area contributed by atoms with Gasteiger partial charge in [0.05, 0.1) is 17.7 Å². The number of hydrogen-bond donors (Lipinski definition) is 2. The van der Waals surface area contributed by atoms with Crippen molar-refractivity contribution in [3.63, 3.8) is 0 Å². The van der Waals surface area contributed by atoms with Crippen LogP contribution in [-0.2, 0) is 27.4 Å². The molecule has 2 aromatic carbocycles. The fourth-order valence-electron chi connectivity index (χ4n) is 4.41. The van der Waals surface area contributed by atoms with Gasteiger partial charge in [-0.05, 0) is 86.9 Å². The molecule has 1 heterocycles. The van der Waals surface area contributed by atoms with Crippen LogP contribution in [0.4, 0.5) is 4.39 Å². The zero-order valence-corrected chi connectivity index (χ0v) is 23.7. The van der Waals surface area contributed by atoms with Crippen molar-refractivity contribution in [3.05, 3.63) is 70.6 Å². The molecule has 0 spiro atoms. The molecular weight excluding hydrogens is 505 g/mol. The van der Waals surface area contributed by atoms with Crippen molar-refractivity contribution in [3.8, 4) is 0 Å². The number of rotatable bonds is 12. The van der Waals surface area contributed by atoms with Gasteiger partial charge < -0.3 is 24.7 Å². The molecule has 1 aliphatic carbocycles. The number of nitrogens with zero attached hydrogens (tertiary/aromatic N) is 1. The third-order valence-electron chi connectivity index (χ3n) is 6.73. The summed E-state index contributed by atoms with van der Waals surface area (Å²) in [5, 5.41) is 7.87. The van der Waals surface area contributed by atoms with E-state index < -0.39 is 0 Å². The zero-order chi connectivity index (χ0) is 27.5. The van der Waals surface area contributed by atoms with E-state index in [2.05, 4.69) is 15.2 Å². The Bertz CT molecular complexity index is 1140. The van der Waals surface area contributed by atoms with Crippen LogP contribution in [0.3, 0.4) is 0 Å². The second-order valence-electron chi connectivity index (χ2n) is 10.9. The number of amides is 1. The van der Waals surface area contributed by atoms with Crippen LogP contribution in [0.2, 0.25) is 5.02 Å². The first-order valence-corrected chi connectivity index (χ1v) is 13.6. The molecule has 1 aliphatic rings. The van der Waals surface area contributed by atoms with Gasteiger partial charge in [-0.2, -0.15) is 0 Å². The van der Waals surface area contributed by atoms with Gasteiger partial charge in [0.2, 0.25) is 6.41 Å². The van der Waals surface area contributed by atoms with E-state index in [1.165, 1.54) is 0 Å². The topological polar surface area (TPSA) is 64.5 Å². The molecule has 1 fully saturated rings. The number of benzene rings is 2. The largest absolute Gasteiger partial charge is 0.380 e. The van der Waals surface area contributed by atoms with E-state index in [1.54, 1.807) is 19.2 Å². The quantitative estimate of drug-likeness (QED) is 0.223. The highest BCUT2D eigenvalue weighted by Crippen LogP contribution is 2.33. The minimum atomic E-state index is -0.231. The highest BCUT2D eigenvalue weighted by atomic mass is 35.5. The molecule has 8 heteroatoms. The normalized spacial score (nSPS) is 17.0.